The van der Waals surface area contributed by atoms with Crippen molar-refractivity contribution in [2.75, 3.05) is 19.5 Å². The van der Waals surface area contributed by atoms with Crippen LogP contribution in [0.2, 0.25) is 0 Å². The lowest BCUT2D eigenvalue weighted by Gasteiger charge is -2.02. The molecule has 0 saturated carbocycles. The molecular formula is C9H14N2O. The summed E-state index contributed by atoms with van der Waals surface area (Å²) in [6.07, 6.45) is 3.63. The van der Waals surface area contributed by atoms with Gasteiger partial charge in [0.05, 0.1) is 0 Å². The maximum atomic E-state index is 5.65. The van der Waals surface area contributed by atoms with Gasteiger partial charge in [-0.05, 0) is 24.5 Å². The molecule has 0 aromatic carbocycles. The lowest BCUT2D eigenvalue weighted by atomic mass is 10.1. The fourth-order valence-corrected chi connectivity index (χ4v) is 1.07. The summed E-state index contributed by atoms with van der Waals surface area (Å²) in [7, 11) is 1.70. The number of nitrogen functional groups attached to an aromatic ring is 1. The molecular weight excluding hydrogens is 152 g/mol. The summed E-state index contributed by atoms with van der Waals surface area (Å²) in [6.45, 7) is 0.772. The number of anilines is 1. The van der Waals surface area contributed by atoms with E-state index in [0.717, 1.165) is 25.0 Å². The van der Waals surface area contributed by atoms with Gasteiger partial charge in [-0.15, -0.1) is 0 Å². The molecule has 0 aliphatic rings. The van der Waals surface area contributed by atoms with Crippen molar-refractivity contribution in [3.63, 3.8) is 0 Å². The van der Waals surface area contributed by atoms with Crippen molar-refractivity contribution in [1.82, 2.24) is 4.98 Å². The van der Waals surface area contributed by atoms with Gasteiger partial charge in [0.25, 0.3) is 0 Å². The van der Waals surface area contributed by atoms with E-state index in [0.29, 0.717) is 5.82 Å². The Kier molecular flexibility index (Phi) is 3.54. The van der Waals surface area contributed by atoms with Gasteiger partial charge in [-0.3, -0.25) is 0 Å². The molecule has 66 valence electrons. The number of rotatable bonds is 4. The van der Waals surface area contributed by atoms with Crippen LogP contribution < -0.4 is 5.73 Å². The second kappa shape index (κ2) is 4.72. The van der Waals surface area contributed by atoms with Crippen molar-refractivity contribution in [2.24, 2.45) is 0 Å². The molecule has 12 heavy (non-hydrogen) atoms. The first-order valence-corrected chi connectivity index (χ1v) is 4.03. The van der Waals surface area contributed by atoms with Gasteiger partial charge in [-0.1, -0.05) is 6.07 Å². The topological polar surface area (TPSA) is 48.1 Å². The summed E-state index contributed by atoms with van der Waals surface area (Å²) in [6, 6.07) is 3.90. The molecule has 0 amide bonds. The fraction of sp³-hybridized carbons (Fsp3) is 0.444. The van der Waals surface area contributed by atoms with Crippen LogP contribution in [-0.4, -0.2) is 18.7 Å². The normalized spacial score (nSPS) is 10.1. The minimum absolute atomic E-state index is 0.633. The number of nitrogens with zero attached hydrogens (tertiary/aromatic N) is 1. The molecule has 1 aromatic rings. The molecule has 0 bridgehead atoms. The lowest BCUT2D eigenvalue weighted by molar-refractivity contribution is 0.195. The minimum Gasteiger partial charge on any atom is -0.385 e. The predicted molar refractivity (Wildman–Crippen MR) is 48.8 cm³/mol. The zero-order valence-corrected chi connectivity index (χ0v) is 7.29. The Morgan fingerprint density at radius 3 is 3.08 bits per heavy atom. The maximum absolute atomic E-state index is 5.65. The summed E-state index contributed by atoms with van der Waals surface area (Å²) < 4.78 is 4.94. The number of hydrogen-bond acceptors (Lipinski definition) is 3. The molecule has 0 aliphatic heterocycles. The van der Waals surface area contributed by atoms with Crippen molar-refractivity contribution in [3.05, 3.63) is 23.9 Å². The third-order valence-electron chi connectivity index (χ3n) is 1.72. The third-order valence-corrected chi connectivity index (χ3v) is 1.72. The zero-order valence-electron chi connectivity index (χ0n) is 7.29. The van der Waals surface area contributed by atoms with E-state index in [2.05, 4.69) is 4.98 Å². The standard InChI is InChI=1S/C9H14N2O/c1-12-7-3-5-8-4-2-6-11-9(8)10/h2,4,6H,3,5,7H2,1H3,(H2,10,11). The fourth-order valence-electron chi connectivity index (χ4n) is 1.07. The van der Waals surface area contributed by atoms with Crippen LogP contribution in [0.15, 0.2) is 18.3 Å². The molecule has 0 spiro atoms. The highest BCUT2D eigenvalue weighted by Crippen LogP contribution is 2.08. The molecule has 0 atom stereocenters. The van der Waals surface area contributed by atoms with E-state index in [-0.39, 0.29) is 0 Å². The third kappa shape index (κ3) is 2.51. The van der Waals surface area contributed by atoms with E-state index >= 15 is 0 Å². The van der Waals surface area contributed by atoms with Crippen molar-refractivity contribution in [2.45, 2.75) is 12.8 Å². The molecule has 1 heterocycles. The quantitative estimate of drug-likeness (QED) is 0.685. The number of methoxy groups -OCH3 is 1. The first-order chi connectivity index (χ1) is 5.84. The Hall–Kier alpha value is -1.09. The SMILES string of the molecule is COCCCc1cccnc1N. The molecule has 0 aliphatic carbocycles. The zero-order chi connectivity index (χ0) is 8.81. The lowest BCUT2D eigenvalue weighted by Crippen LogP contribution is -1.99. The molecule has 0 saturated heterocycles. The number of aromatic nitrogens is 1. The average Bonchev–Trinajstić information content (AvgIpc) is 2.09. The summed E-state index contributed by atoms with van der Waals surface area (Å²) in [4.78, 5) is 3.99. The number of ether oxygens (including phenoxy) is 1. The van der Waals surface area contributed by atoms with Gasteiger partial charge in [-0.2, -0.15) is 0 Å². The van der Waals surface area contributed by atoms with E-state index < -0.39 is 0 Å². The van der Waals surface area contributed by atoms with Crippen LogP contribution in [0, 0.1) is 0 Å². The molecule has 0 unspecified atom stereocenters. The Morgan fingerprint density at radius 2 is 2.42 bits per heavy atom. The van der Waals surface area contributed by atoms with Gasteiger partial charge in [0.2, 0.25) is 0 Å². The first kappa shape index (κ1) is 9.00. The Bertz CT molecular complexity index is 238. The van der Waals surface area contributed by atoms with Gasteiger partial charge < -0.3 is 10.5 Å². The molecule has 0 radical (unpaired) electrons. The highest BCUT2D eigenvalue weighted by Gasteiger charge is 1.97. The molecule has 1 aromatic heterocycles. The highest BCUT2D eigenvalue weighted by molar-refractivity contribution is 5.38. The number of pyridine rings is 1. The van der Waals surface area contributed by atoms with Crippen LogP contribution in [0.1, 0.15) is 12.0 Å². The predicted octanol–water partition coefficient (Wildman–Crippen LogP) is 1.24. The minimum atomic E-state index is 0.633. The Morgan fingerprint density at radius 1 is 1.58 bits per heavy atom. The molecule has 2 N–H and O–H groups in total. The smallest absolute Gasteiger partial charge is 0.126 e. The van der Waals surface area contributed by atoms with E-state index in [1.54, 1.807) is 13.3 Å². The van der Waals surface area contributed by atoms with Crippen LogP contribution >= 0.6 is 0 Å². The number of aryl methyl sites for hydroxylation is 1. The molecule has 3 nitrogen and oxygen atoms in total. The van der Waals surface area contributed by atoms with E-state index in [9.17, 15) is 0 Å². The van der Waals surface area contributed by atoms with Gasteiger partial charge in [0.15, 0.2) is 0 Å². The van der Waals surface area contributed by atoms with Crippen LogP contribution in [-0.2, 0) is 11.2 Å². The summed E-state index contributed by atoms with van der Waals surface area (Å²) in [5, 5.41) is 0. The van der Waals surface area contributed by atoms with Crippen molar-refractivity contribution in [3.8, 4) is 0 Å². The van der Waals surface area contributed by atoms with Gasteiger partial charge in [0.1, 0.15) is 5.82 Å². The van der Waals surface area contributed by atoms with Crippen molar-refractivity contribution < 1.29 is 4.74 Å². The summed E-state index contributed by atoms with van der Waals surface area (Å²) >= 11 is 0. The second-order valence-electron chi connectivity index (χ2n) is 2.64. The summed E-state index contributed by atoms with van der Waals surface area (Å²) in [5.41, 5.74) is 6.76. The monoisotopic (exact) mass is 166 g/mol. The summed E-state index contributed by atoms with van der Waals surface area (Å²) in [5.74, 6) is 0.633. The molecule has 1 rings (SSSR count). The number of nitrogens with two attached hydrogens (primary N) is 1. The van der Waals surface area contributed by atoms with Gasteiger partial charge >= 0.3 is 0 Å². The second-order valence-corrected chi connectivity index (χ2v) is 2.64. The Labute approximate surface area is 72.6 Å². The van der Waals surface area contributed by atoms with Crippen LogP contribution in [0.25, 0.3) is 0 Å². The molecule has 3 heteroatoms. The van der Waals surface area contributed by atoms with Crippen LogP contribution in [0.3, 0.4) is 0 Å². The first-order valence-electron chi connectivity index (χ1n) is 4.03. The van der Waals surface area contributed by atoms with Crippen LogP contribution in [0.5, 0.6) is 0 Å². The average molecular weight is 166 g/mol. The van der Waals surface area contributed by atoms with Crippen molar-refractivity contribution in [1.29, 1.82) is 0 Å². The van der Waals surface area contributed by atoms with E-state index in [1.807, 2.05) is 12.1 Å². The van der Waals surface area contributed by atoms with E-state index in [4.69, 9.17) is 10.5 Å². The van der Waals surface area contributed by atoms with Crippen LogP contribution in [0.4, 0.5) is 5.82 Å². The van der Waals surface area contributed by atoms with Crippen molar-refractivity contribution >= 4 is 5.82 Å². The molecule has 0 fully saturated rings. The van der Waals surface area contributed by atoms with E-state index in [1.165, 1.54) is 0 Å². The highest BCUT2D eigenvalue weighted by atomic mass is 16.5. The maximum Gasteiger partial charge on any atom is 0.126 e. The Balaban J connectivity index is 2.46. The van der Waals surface area contributed by atoms with Gasteiger partial charge in [-0.25, -0.2) is 4.98 Å². The largest absolute Gasteiger partial charge is 0.385 e. The van der Waals surface area contributed by atoms with Gasteiger partial charge in [0, 0.05) is 19.9 Å². The number of hydrogen-bond donors (Lipinski definition) is 1.